The zero-order valence-electron chi connectivity index (χ0n) is 6.95. The minimum atomic E-state index is 0.295. The summed E-state index contributed by atoms with van der Waals surface area (Å²) in [5.41, 5.74) is 0.295. The monoisotopic (exact) mass is 155 g/mol. The summed E-state index contributed by atoms with van der Waals surface area (Å²) in [6.07, 6.45) is 3.73. The molecule has 3 N–H and O–H groups in total. The van der Waals surface area contributed by atoms with E-state index in [2.05, 4.69) is 16.0 Å². The quantitative estimate of drug-likeness (QED) is 0.447. The van der Waals surface area contributed by atoms with Crippen molar-refractivity contribution in [1.29, 1.82) is 0 Å². The number of rotatable bonds is 0. The molecule has 11 heavy (non-hydrogen) atoms. The highest BCUT2D eigenvalue weighted by Gasteiger charge is 2.31. The molecule has 0 amide bonds. The minimum absolute atomic E-state index is 0.295. The van der Waals surface area contributed by atoms with Crippen LogP contribution in [0.2, 0.25) is 0 Å². The molecule has 0 aromatic rings. The van der Waals surface area contributed by atoms with Gasteiger partial charge >= 0.3 is 0 Å². The molecule has 1 spiro atoms. The summed E-state index contributed by atoms with van der Waals surface area (Å²) in [7, 11) is 0. The standard InChI is InChI=1S/C8H17N3/c1-4-10-8(11-5-1)2-6-9-7-3-8/h9-11H,1-7H2. The second-order valence-electron chi connectivity index (χ2n) is 3.54. The molecule has 2 aliphatic rings. The molecule has 2 rings (SSSR count). The van der Waals surface area contributed by atoms with Gasteiger partial charge in [-0.15, -0.1) is 0 Å². The van der Waals surface area contributed by atoms with Crippen molar-refractivity contribution in [3.05, 3.63) is 0 Å². The van der Waals surface area contributed by atoms with Gasteiger partial charge in [0.25, 0.3) is 0 Å². The van der Waals surface area contributed by atoms with Crippen molar-refractivity contribution in [2.75, 3.05) is 26.2 Å². The normalized spacial score (nSPS) is 30.5. The summed E-state index contributed by atoms with van der Waals surface area (Å²) < 4.78 is 0. The summed E-state index contributed by atoms with van der Waals surface area (Å²) >= 11 is 0. The summed E-state index contributed by atoms with van der Waals surface area (Å²) in [4.78, 5) is 0. The number of piperidine rings is 1. The Labute approximate surface area is 67.9 Å². The molecule has 0 aromatic heterocycles. The van der Waals surface area contributed by atoms with E-state index < -0.39 is 0 Å². The van der Waals surface area contributed by atoms with Gasteiger partial charge in [-0.2, -0.15) is 0 Å². The average molecular weight is 155 g/mol. The van der Waals surface area contributed by atoms with Gasteiger partial charge in [-0.05, 0) is 45.4 Å². The second-order valence-corrected chi connectivity index (χ2v) is 3.54. The molecule has 2 saturated heterocycles. The van der Waals surface area contributed by atoms with Crippen LogP contribution in [0.25, 0.3) is 0 Å². The van der Waals surface area contributed by atoms with E-state index >= 15 is 0 Å². The van der Waals surface area contributed by atoms with E-state index in [1.165, 1.54) is 32.4 Å². The largest absolute Gasteiger partial charge is 0.316 e. The molecule has 0 radical (unpaired) electrons. The molecule has 3 heteroatoms. The first-order valence-corrected chi connectivity index (χ1v) is 4.62. The molecule has 0 aliphatic carbocycles. The Balaban J connectivity index is 1.94. The summed E-state index contributed by atoms with van der Waals surface area (Å²) in [5, 5.41) is 10.5. The zero-order valence-corrected chi connectivity index (χ0v) is 6.95. The highest BCUT2D eigenvalue weighted by molar-refractivity contribution is 4.92. The Bertz CT molecular complexity index is 104. The minimum Gasteiger partial charge on any atom is -0.316 e. The third-order valence-corrected chi connectivity index (χ3v) is 2.74. The van der Waals surface area contributed by atoms with Crippen molar-refractivity contribution in [1.82, 2.24) is 16.0 Å². The highest BCUT2D eigenvalue weighted by atomic mass is 15.2. The van der Waals surface area contributed by atoms with Gasteiger partial charge in [-0.25, -0.2) is 0 Å². The molecule has 0 unspecified atom stereocenters. The van der Waals surface area contributed by atoms with Crippen LogP contribution in [-0.2, 0) is 0 Å². The average Bonchev–Trinajstić information content (AvgIpc) is 2.07. The van der Waals surface area contributed by atoms with Gasteiger partial charge in [0.05, 0.1) is 5.66 Å². The van der Waals surface area contributed by atoms with Crippen LogP contribution < -0.4 is 16.0 Å². The third-order valence-electron chi connectivity index (χ3n) is 2.74. The van der Waals surface area contributed by atoms with Crippen molar-refractivity contribution in [3.8, 4) is 0 Å². The first kappa shape index (κ1) is 7.53. The molecular weight excluding hydrogens is 138 g/mol. The molecule has 64 valence electrons. The lowest BCUT2D eigenvalue weighted by atomic mass is 9.96. The molecule has 3 nitrogen and oxygen atoms in total. The van der Waals surface area contributed by atoms with E-state index in [4.69, 9.17) is 0 Å². The molecular formula is C8H17N3. The van der Waals surface area contributed by atoms with Crippen LogP contribution in [0.5, 0.6) is 0 Å². The van der Waals surface area contributed by atoms with E-state index in [1.54, 1.807) is 0 Å². The van der Waals surface area contributed by atoms with E-state index in [0.717, 1.165) is 13.1 Å². The molecule has 0 saturated carbocycles. The summed E-state index contributed by atoms with van der Waals surface area (Å²) in [6.45, 7) is 4.68. The molecule has 0 atom stereocenters. The second kappa shape index (κ2) is 3.09. The van der Waals surface area contributed by atoms with Gasteiger partial charge in [0.2, 0.25) is 0 Å². The third kappa shape index (κ3) is 1.55. The Morgan fingerprint density at radius 2 is 1.45 bits per heavy atom. The topological polar surface area (TPSA) is 36.1 Å². The maximum Gasteiger partial charge on any atom is 0.0711 e. The van der Waals surface area contributed by atoms with Gasteiger partial charge in [-0.3, -0.25) is 10.6 Å². The maximum absolute atomic E-state index is 3.58. The van der Waals surface area contributed by atoms with E-state index in [1.807, 2.05) is 0 Å². The van der Waals surface area contributed by atoms with Crippen LogP contribution in [0.3, 0.4) is 0 Å². The van der Waals surface area contributed by atoms with Gasteiger partial charge in [-0.1, -0.05) is 0 Å². The lowest BCUT2D eigenvalue weighted by Gasteiger charge is -2.42. The van der Waals surface area contributed by atoms with Gasteiger partial charge in [0, 0.05) is 0 Å². The Morgan fingerprint density at radius 3 is 2.09 bits per heavy atom. The lowest BCUT2D eigenvalue weighted by molar-refractivity contribution is 0.166. The Hall–Kier alpha value is -0.120. The molecule has 2 aliphatic heterocycles. The first-order chi connectivity index (χ1) is 5.41. The summed E-state index contributed by atoms with van der Waals surface area (Å²) in [6, 6.07) is 0. The summed E-state index contributed by atoms with van der Waals surface area (Å²) in [5.74, 6) is 0. The van der Waals surface area contributed by atoms with Crippen molar-refractivity contribution >= 4 is 0 Å². The lowest BCUT2D eigenvalue weighted by Crippen LogP contribution is -2.64. The smallest absolute Gasteiger partial charge is 0.0711 e. The van der Waals surface area contributed by atoms with E-state index in [0.29, 0.717) is 5.66 Å². The van der Waals surface area contributed by atoms with Crippen molar-refractivity contribution in [2.24, 2.45) is 0 Å². The number of nitrogens with one attached hydrogen (secondary N) is 3. The van der Waals surface area contributed by atoms with Crippen LogP contribution in [-0.4, -0.2) is 31.8 Å². The first-order valence-electron chi connectivity index (χ1n) is 4.62. The fraction of sp³-hybridized carbons (Fsp3) is 1.00. The van der Waals surface area contributed by atoms with Crippen LogP contribution in [0.1, 0.15) is 19.3 Å². The molecule has 0 aromatic carbocycles. The molecule has 2 heterocycles. The van der Waals surface area contributed by atoms with Crippen molar-refractivity contribution in [2.45, 2.75) is 24.9 Å². The van der Waals surface area contributed by atoms with Crippen LogP contribution >= 0.6 is 0 Å². The highest BCUT2D eigenvalue weighted by Crippen LogP contribution is 2.16. The van der Waals surface area contributed by atoms with Gasteiger partial charge < -0.3 is 5.32 Å². The number of hydrogen-bond acceptors (Lipinski definition) is 3. The zero-order chi connectivity index (χ0) is 7.57. The fourth-order valence-corrected chi connectivity index (χ4v) is 2.01. The predicted octanol–water partition coefficient (Wildman–Crippen LogP) is -0.351. The molecule has 0 bridgehead atoms. The Morgan fingerprint density at radius 1 is 0.818 bits per heavy atom. The van der Waals surface area contributed by atoms with Gasteiger partial charge in [0.15, 0.2) is 0 Å². The van der Waals surface area contributed by atoms with E-state index in [9.17, 15) is 0 Å². The van der Waals surface area contributed by atoms with Crippen molar-refractivity contribution in [3.63, 3.8) is 0 Å². The predicted molar refractivity (Wildman–Crippen MR) is 45.5 cm³/mol. The number of hydrogen-bond donors (Lipinski definition) is 3. The fourth-order valence-electron chi connectivity index (χ4n) is 2.01. The van der Waals surface area contributed by atoms with Gasteiger partial charge in [0.1, 0.15) is 0 Å². The van der Waals surface area contributed by atoms with Crippen LogP contribution in [0.4, 0.5) is 0 Å². The van der Waals surface area contributed by atoms with Crippen LogP contribution in [0, 0.1) is 0 Å². The SMILES string of the molecule is C1CNC2(CCNCC2)NC1. The molecule has 2 fully saturated rings. The maximum atomic E-state index is 3.58. The van der Waals surface area contributed by atoms with E-state index in [-0.39, 0.29) is 0 Å². The van der Waals surface area contributed by atoms with Crippen molar-refractivity contribution < 1.29 is 0 Å². The Kier molecular flexibility index (Phi) is 2.11. The van der Waals surface area contributed by atoms with Crippen LogP contribution in [0.15, 0.2) is 0 Å².